The maximum Gasteiger partial charge on any atom is 0.221 e. The SMILES string of the molecule is Cc1nc(N)c(C)c(OCCCO)n1. The number of ether oxygens (including phenoxy) is 1. The second kappa shape index (κ2) is 4.76. The first-order valence-corrected chi connectivity index (χ1v) is 4.49. The summed E-state index contributed by atoms with van der Waals surface area (Å²) in [6, 6.07) is 0. The smallest absolute Gasteiger partial charge is 0.221 e. The summed E-state index contributed by atoms with van der Waals surface area (Å²) in [5, 5.41) is 8.59. The lowest BCUT2D eigenvalue weighted by Crippen LogP contribution is -2.07. The minimum Gasteiger partial charge on any atom is -0.477 e. The highest BCUT2D eigenvalue weighted by molar-refractivity contribution is 5.44. The molecule has 0 radical (unpaired) electrons. The second-order valence-electron chi connectivity index (χ2n) is 3.01. The molecule has 14 heavy (non-hydrogen) atoms. The molecule has 78 valence electrons. The van der Waals surface area contributed by atoms with Crippen molar-refractivity contribution in [2.24, 2.45) is 0 Å². The number of anilines is 1. The topological polar surface area (TPSA) is 81.3 Å². The van der Waals surface area contributed by atoms with Gasteiger partial charge in [-0.05, 0) is 13.8 Å². The number of nitrogens with two attached hydrogens (primary N) is 1. The normalized spacial score (nSPS) is 10.2. The molecule has 5 heteroatoms. The molecule has 0 amide bonds. The number of aliphatic hydroxyl groups is 1. The van der Waals surface area contributed by atoms with Crippen molar-refractivity contribution in [1.82, 2.24) is 9.97 Å². The zero-order chi connectivity index (χ0) is 10.6. The van der Waals surface area contributed by atoms with Crippen LogP contribution in [0.15, 0.2) is 0 Å². The average molecular weight is 197 g/mol. The summed E-state index contributed by atoms with van der Waals surface area (Å²) in [6.45, 7) is 4.11. The first-order chi connectivity index (χ1) is 6.65. The van der Waals surface area contributed by atoms with Crippen molar-refractivity contribution in [3.8, 4) is 5.88 Å². The average Bonchev–Trinajstić information content (AvgIpc) is 2.13. The number of hydrogen-bond acceptors (Lipinski definition) is 5. The third-order valence-electron chi connectivity index (χ3n) is 1.79. The van der Waals surface area contributed by atoms with Crippen LogP contribution in [-0.2, 0) is 0 Å². The van der Waals surface area contributed by atoms with Gasteiger partial charge in [-0.1, -0.05) is 0 Å². The number of hydrogen-bond donors (Lipinski definition) is 2. The lowest BCUT2D eigenvalue weighted by Gasteiger charge is -2.09. The van der Waals surface area contributed by atoms with Crippen LogP contribution in [0.3, 0.4) is 0 Å². The molecule has 0 bridgehead atoms. The Bertz CT molecular complexity index is 315. The standard InChI is InChI=1S/C9H15N3O2/c1-6-8(10)11-7(2)12-9(6)14-5-3-4-13/h13H,3-5H2,1-2H3,(H2,10,11,12). The van der Waals surface area contributed by atoms with Gasteiger partial charge in [-0.3, -0.25) is 0 Å². The molecular formula is C9H15N3O2. The van der Waals surface area contributed by atoms with Gasteiger partial charge in [-0.2, -0.15) is 4.98 Å². The third-order valence-corrected chi connectivity index (χ3v) is 1.79. The number of aromatic nitrogens is 2. The molecule has 0 aliphatic heterocycles. The van der Waals surface area contributed by atoms with Crippen LogP contribution in [0.25, 0.3) is 0 Å². The van der Waals surface area contributed by atoms with Gasteiger partial charge >= 0.3 is 0 Å². The van der Waals surface area contributed by atoms with Gasteiger partial charge in [-0.15, -0.1) is 0 Å². The molecule has 0 saturated carbocycles. The first-order valence-electron chi connectivity index (χ1n) is 4.49. The molecule has 1 heterocycles. The lowest BCUT2D eigenvalue weighted by atomic mass is 10.3. The van der Waals surface area contributed by atoms with E-state index in [2.05, 4.69) is 9.97 Å². The summed E-state index contributed by atoms with van der Waals surface area (Å²) in [5.41, 5.74) is 6.39. The van der Waals surface area contributed by atoms with Crippen LogP contribution in [0.2, 0.25) is 0 Å². The highest BCUT2D eigenvalue weighted by Crippen LogP contribution is 2.19. The van der Waals surface area contributed by atoms with Crippen LogP contribution < -0.4 is 10.5 Å². The van der Waals surface area contributed by atoms with E-state index in [0.717, 1.165) is 5.56 Å². The Balaban J connectivity index is 2.75. The van der Waals surface area contributed by atoms with Crippen molar-refractivity contribution in [3.63, 3.8) is 0 Å². The second-order valence-corrected chi connectivity index (χ2v) is 3.01. The van der Waals surface area contributed by atoms with E-state index in [-0.39, 0.29) is 6.61 Å². The van der Waals surface area contributed by atoms with E-state index in [4.69, 9.17) is 15.6 Å². The fourth-order valence-electron chi connectivity index (χ4n) is 0.997. The van der Waals surface area contributed by atoms with Gasteiger partial charge in [-0.25, -0.2) is 4.98 Å². The third kappa shape index (κ3) is 2.56. The largest absolute Gasteiger partial charge is 0.477 e. The van der Waals surface area contributed by atoms with Crippen molar-refractivity contribution in [2.45, 2.75) is 20.3 Å². The summed E-state index contributed by atoms with van der Waals surface area (Å²) in [5.74, 6) is 1.53. The first kappa shape index (κ1) is 10.7. The molecule has 0 fully saturated rings. The van der Waals surface area contributed by atoms with Gasteiger partial charge in [0.2, 0.25) is 5.88 Å². The summed E-state index contributed by atoms with van der Waals surface area (Å²) < 4.78 is 5.35. The Morgan fingerprint density at radius 2 is 2.07 bits per heavy atom. The predicted octanol–water partition coefficient (Wildman–Crippen LogP) is 0.437. The van der Waals surface area contributed by atoms with Crippen LogP contribution in [0.5, 0.6) is 5.88 Å². The Morgan fingerprint density at radius 1 is 1.36 bits per heavy atom. The highest BCUT2D eigenvalue weighted by atomic mass is 16.5. The van der Waals surface area contributed by atoms with Crippen LogP contribution in [0.1, 0.15) is 17.8 Å². The van der Waals surface area contributed by atoms with Crippen molar-refractivity contribution in [2.75, 3.05) is 18.9 Å². The molecule has 0 aliphatic rings. The number of nitrogen functional groups attached to an aromatic ring is 1. The quantitative estimate of drug-likeness (QED) is 0.684. The van der Waals surface area contributed by atoms with Gasteiger partial charge in [0.1, 0.15) is 11.6 Å². The fraction of sp³-hybridized carbons (Fsp3) is 0.556. The van der Waals surface area contributed by atoms with E-state index in [1.807, 2.05) is 6.92 Å². The highest BCUT2D eigenvalue weighted by Gasteiger charge is 2.06. The zero-order valence-corrected chi connectivity index (χ0v) is 8.45. The minimum atomic E-state index is 0.110. The van der Waals surface area contributed by atoms with E-state index < -0.39 is 0 Å². The lowest BCUT2D eigenvalue weighted by molar-refractivity contribution is 0.228. The van der Waals surface area contributed by atoms with Crippen LogP contribution >= 0.6 is 0 Å². The Kier molecular flexibility index (Phi) is 3.64. The number of aryl methyl sites for hydroxylation is 1. The Labute approximate surface area is 82.9 Å². The predicted molar refractivity (Wildman–Crippen MR) is 53.1 cm³/mol. The molecule has 3 N–H and O–H groups in total. The summed E-state index contributed by atoms with van der Waals surface area (Å²) in [6.07, 6.45) is 0.586. The number of nitrogens with zero attached hydrogens (tertiary/aromatic N) is 2. The summed E-state index contributed by atoms with van der Waals surface area (Å²) in [4.78, 5) is 8.11. The molecule has 0 saturated heterocycles. The Hall–Kier alpha value is -1.36. The van der Waals surface area contributed by atoms with E-state index in [9.17, 15) is 0 Å². The van der Waals surface area contributed by atoms with Gasteiger partial charge in [0.15, 0.2) is 0 Å². The minimum absolute atomic E-state index is 0.110. The van der Waals surface area contributed by atoms with E-state index >= 15 is 0 Å². The molecule has 1 aromatic rings. The van der Waals surface area contributed by atoms with E-state index in [0.29, 0.717) is 30.5 Å². The van der Waals surface area contributed by atoms with E-state index in [1.54, 1.807) is 6.92 Å². The molecule has 0 atom stereocenters. The fourth-order valence-corrected chi connectivity index (χ4v) is 0.997. The van der Waals surface area contributed by atoms with Crippen molar-refractivity contribution in [3.05, 3.63) is 11.4 Å². The summed E-state index contributed by atoms with van der Waals surface area (Å²) >= 11 is 0. The Morgan fingerprint density at radius 3 is 2.71 bits per heavy atom. The molecule has 1 rings (SSSR count). The van der Waals surface area contributed by atoms with Crippen LogP contribution in [0.4, 0.5) is 5.82 Å². The van der Waals surface area contributed by atoms with Gasteiger partial charge in [0.05, 0.1) is 12.2 Å². The molecule has 0 spiro atoms. The van der Waals surface area contributed by atoms with Crippen LogP contribution in [0, 0.1) is 13.8 Å². The molecule has 5 nitrogen and oxygen atoms in total. The van der Waals surface area contributed by atoms with Crippen molar-refractivity contribution >= 4 is 5.82 Å². The molecule has 0 unspecified atom stereocenters. The maximum absolute atomic E-state index is 8.59. The zero-order valence-electron chi connectivity index (χ0n) is 8.45. The molecular weight excluding hydrogens is 182 g/mol. The molecule has 0 aliphatic carbocycles. The van der Waals surface area contributed by atoms with Gasteiger partial charge in [0.25, 0.3) is 0 Å². The summed E-state index contributed by atoms with van der Waals surface area (Å²) in [7, 11) is 0. The van der Waals surface area contributed by atoms with Crippen molar-refractivity contribution < 1.29 is 9.84 Å². The maximum atomic E-state index is 8.59. The van der Waals surface area contributed by atoms with Gasteiger partial charge < -0.3 is 15.6 Å². The van der Waals surface area contributed by atoms with Crippen molar-refractivity contribution in [1.29, 1.82) is 0 Å². The van der Waals surface area contributed by atoms with Gasteiger partial charge in [0, 0.05) is 13.0 Å². The van der Waals surface area contributed by atoms with Crippen LogP contribution in [-0.4, -0.2) is 28.3 Å². The monoisotopic (exact) mass is 197 g/mol. The molecule has 1 aromatic heterocycles. The molecule has 0 aromatic carbocycles. The number of aliphatic hydroxyl groups excluding tert-OH is 1. The van der Waals surface area contributed by atoms with E-state index in [1.165, 1.54) is 0 Å². The number of rotatable bonds is 4.